The maximum Gasteiger partial charge on any atom is 0.410 e. The zero-order valence-electron chi connectivity index (χ0n) is 12.1. The fraction of sp³-hybridized carbons (Fsp3) is 0.600. The van der Waals surface area contributed by atoms with Crippen LogP contribution in [0.2, 0.25) is 0 Å². The summed E-state index contributed by atoms with van der Waals surface area (Å²) < 4.78 is 5.01. The van der Waals surface area contributed by atoms with Crippen molar-refractivity contribution in [3.63, 3.8) is 0 Å². The van der Waals surface area contributed by atoms with Gasteiger partial charge < -0.3 is 9.64 Å². The minimum absolute atomic E-state index is 0.167. The van der Waals surface area contributed by atoms with Crippen molar-refractivity contribution < 1.29 is 9.53 Å². The highest BCUT2D eigenvalue weighted by atomic mass is 16.6. The molecule has 0 spiro atoms. The predicted octanol–water partition coefficient (Wildman–Crippen LogP) is 2.24. The molecular weight excluding hydrogens is 254 g/mol. The number of nitrogens with zero attached hydrogens (tertiary/aromatic N) is 3. The second kappa shape index (κ2) is 5.31. The van der Waals surface area contributed by atoms with Crippen molar-refractivity contribution in [2.24, 2.45) is 0 Å². The smallest absolute Gasteiger partial charge is 0.410 e. The van der Waals surface area contributed by atoms with E-state index in [1.165, 1.54) is 5.56 Å². The Morgan fingerprint density at radius 1 is 1.35 bits per heavy atom. The fourth-order valence-corrected chi connectivity index (χ4v) is 2.87. The lowest BCUT2D eigenvalue weighted by molar-refractivity contribution is 0.150. The molecule has 2 aliphatic heterocycles. The van der Waals surface area contributed by atoms with Gasteiger partial charge in [-0.25, -0.2) is 9.78 Å². The molecule has 5 heteroatoms. The molecule has 108 valence electrons. The molecule has 1 atom stereocenters. The van der Waals surface area contributed by atoms with Gasteiger partial charge in [-0.15, -0.1) is 0 Å². The standard InChI is InChI=1S/C15H21N3O2/c1-11(2)12-3-4-14(16-9-12)17-6-5-13(10-17)18-7-8-20-15(18)19/h3-4,9,11,13H,5-8,10H2,1-2H3. The second-order valence-electron chi connectivity index (χ2n) is 5.80. The van der Waals surface area contributed by atoms with Crippen molar-refractivity contribution in [3.8, 4) is 0 Å². The first kappa shape index (κ1) is 13.2. The number of ether oxygens (including phenoxy) is 1. The molecule has 1 unspecified atom stereocenters. The number of hydrogen-bond donors (Lipinski definition) is 0. The Bertz CT molecular complexity index is 486. The molecule has 0 bridgehead atoms. The van der Waals surface area contributed by atoms with E-state index in [0.717, 1.165) is 31.9 Å². The molecule has 3 rings (SSSR count). The summed E-state index contributed by atoms with van der Waals surface area (Å²) in [6, 6.07) is 4.49. The molecule has 2 aliphatic rings. The van der Waals surface area contributed by atoms with Crippen LogP contribution in [0.4, 0.5) is 10.6 Å². The van der Waals surface area contributed by atoms with Crippen LogP contribution in [0.5, 0.6) is 0 Å². The summed E-state index contributed by atoms with van der Waals surface area (Å²) in [7, 11) is 0. The summed E-state index contributed by atoms with van der Waals surface area (Å²) in [6.45, 7) is 7.38. The van der Waals surface area contributed by atoms with Gasteiger partial charge in [-0.2, -0.15) is 0 Å². The van der Waals surface area contributed by atoms with Crippen molar-refractivity contribution in [3.05, 3.63) is 23.9 Å². The van der Waals surface area contributed by atoms with E-state index in [9.17, 15) is 4.79 Å². The van der Waals surface area contributed by atoms with Crippen LogP contribution in [-0.4, -0.2) is 48.3 Å². The van der Waals surface area contributed by atoms with E-state index in [1.807, 2.05) is 11.1 Å². The van der Waals surface area contributed by atoms with Gasteiger partial charge in [0.1, 0.15) is 12.4 Å². The van der Waals surface area contributed by atoms with Crippen LogP contribution in [-0.2, 0) is 4.74 Å². The average molecular weight is 275 g/mol. The fourth-order valence-electron chi connectivity index (χ4n) is 2.87. The molecule has 0 aromatic carbocycles. The van der Waals surface area contributed by atoms with Crippen LogP contribution in [0.1, 0.15) is 31.7 Å². The molecule has 1 amide bonds. The van der Waals surface area contributed by atoms with E-state index in [-0.39, 0.29) is 12.1 Å². The third-order valence-electron chi connectivity index (χ3n) is 4.16. The van der Waals surface area contributed by atoms with Crippen LogP contribution in [0.15, 0.2) is 18.3 Å². The van der Waals surface area contributed by atoms with E-state index in [4.69, 9.17) is 4.74 Å². The van der Waals surface area contributed by atoms with Gasteiger partial charge in [-0.3, -0.25) is 4.90 Å². The first-order valence-electron chi connectivity index (χ1n) is 7.29. The normalized spacial score (nSPS) is 22.8. The molecule has 0 saturated carbocycles. The number of carbonyl (C=O) groups is 1. The number of aromatic nitrogens is 1. The highest BCUT2D eigenvalue weighted by molar-refractivity contribution is 5.70. The van der Waals surface area contributed by atoms with Crippen LogP contribution in [0.25, 0.3) is 0 Å². The lowest BCUT2D eigenvalue weighted by Crippen LogP contribution is -2.38. The zero-order valence-corrected chi connectivity index (χ0v) is 12.1. The predicted molar refractivity (Wildman–Crippen MR) is 77.0 cm³/mol. The minimum Gasteiger partial charge on any atom is -0.448 e. The molecule has 20 heavy (non-hydrogen) atoms. The monoisotopic (exact) mass is 275 g/mol. The molecule has 1 aromatic heterocycles. The summed E-state index contributed by atoms with van der Waals surface area (Å²) in [4.78, 5) is 20.2. The summed E-state index contributed by atoms with van der Waals surface area (Å²) in [6.07, 6.45) is 2.78. The Balaban J connectivity index is 1.66. The van der Waals surface area contributed by atoms with E-state index < -0.39 is 0 Å². The van der Waals surface area contributed by atoms with Gasteiger partial charge in [-0.1, -0.05) is 19.9 Å². The highest BCUT2D eigenvalue weighted by Gasteiger charge is 2.34. The lowest BCUT2D eigenvalue weighted by Gasteiger charge is -2.22. The van der Waals surface area contributed by atoms with Crippen molar-refractivity contribution >= 4 is 11.9 Å². The van der Waals surface area contributed by atoms with Gasteiger partial charge in [0.25, 0.3) is 0 Å². The SMILES string of the molecule is CC(C)c1ccc(N2CCC(N3CCOC3=O)C2)nc1. The third kappa shape index (κ3) is 2.44. The summed E-state index contributed by atoms with van der Waals surface area (Å²) in [5.41, 5.74) is 1.26. The van der Waals surface area contributed by atoms with E-state index in [0.29, 0.717) is 12.5 Å². The topological polar surface area (TPSA) is 45.7 Å². The van der Waals surface area contributed by atoms with Gasteiger partial charge in [0.05, 0.1) is 12.6 Å². The number of amides is 1. The number of anilines is 1. The maximum atomic E-state index is 11.6. The molecular formula is C15H21N3O2. The number of hydrogen-bond acceptors (Lipinski definition) is 4. The summed E-state index contributed by atoms with van der Waals surface area (Å²) in [5, 5.41) is 0. The van der Waals surface area contributed by atoms with Gasteiger partial charge in [0.15, 0.2) is 0 Å². The molecule has 3 heterocycles. The van der Waals surface area contributed by atoms with Gasteiger partial charge in [-0.05, 0) is 24.0 Å². The average Bonchev–Trinajstić information content (AvgIpc) is 3.07. The maximum absolute atomic E-state index is 11.6. The number of carbonyl (C=O) groups excluding carboxylic acids is 1. The Hall–Kier alpha value is -1.78. The number of rotatable bonds is 3. The van der Waals surface area contributed by atoms with Gasteiger partial charge >= 0.3 is 6.09 Å². The quantitative estimate of drug-likeness (QED) is 0.848. The van der Waals surface area contributed by atoms with Crippen molar-refractivity contribution in [1.29, 1.82) is 0 Å². The van der Waals surface area contributed by atoms with Crippen LogP contribution < -0.4 is 4.90 Å². The van der Waals surface area contributed by atoms with Crippen LogP contribution >= 0.6 is 0 Å². The lowest BCUT2D eigenvalue weighted by atomic mass is 10.1. The van der Waals surface area contributed by atoms with Crippen molar-refractivity contribution in [2.75, 3.05) is 31.1 Å². The van der Waals surface area contributed by atoms with E-state index in [1.54, 1.807) is 0 Å². The Kier molecular flexibility index (Phi) is 3.51. The minimum atomic E-state index is -0.167. The van der Waals surface area contributed by atoms with Crippen LogP contribution in [0.3, 0.4) is 0 Å². The summed E-state index contributed by atoms with van der Waals surface area (Å²) >= 11 is 0. The summed E-state index contributed by atoms with van der Waals surface area (Å²) in [5.74, 6) is 1.51. The largest absolute Gasteiger partial charge is 0.448 e. The van der Waals surface area contributed by atoms with Crippen LogP contribution in [0, 0.1) is 0 Å². The van der Waals surface area contributed by atoms with E-state index >= 15 is 0 Å². The Morgan fingerprint density at radius 2 is 2.20 bits per heavy atom. The van der Waals surface area contributed by atoms with Crippen molar-refractivity contribution in [1.82, 2.24) is 9.88 Å². The van der Waals surface area contributed by atoms with Crippen molar-refractivity contribution in [2.45, 2.75) is 32.2 Å². The first-order chi connectivity index (χ1) is 9.65. The van der Waals surface area contributed by atoms with Gasteiger partial charge in [0, 0.05) is 19.3 Å². The molecule has 0 N–H and O–H groups in total. The second-order valence-corrected chi connectivity index (χ2v) is 5.80. The Labute approximate surface area is 119 Å². The van der Waals surface area contributed by atoms with E-state index in [2.05, 4.69) is 35.9 Å². The zero-order chi connectivity index (χ0) is 14.1. The first-order valence-corrected chi connectivity index (χ1v) is 7.29. The molecule has 0 aliphatic carbocycles. The highest BCUT2D eigenvalue weighted by Crippen LogP contribution is 2.24. The molecule has 2 saturated heterocycles. The molecule has 1 aromatic rings. The van der Waals surface area contributed by atoms with Gasteiger partial charge in [0.2, 0.25) is 0 Å². The molecule has 0 radical (unpaired) electrons. The number of cyclic esters (lactones) is 1. The Morgan fingerprint density at radius 3 is 2.80 bits per heavy atom. The number of pyridine rings is 1. The third-order valence-corrected chi connectivity index (χ3v) is 4.16. The molecule has 2 fully saturated rings. The molecule has 5 nitrogen and oxygen atoms in total.